The highest BCUT2D eigenvalue weighted by molar-refractivity contribution is 7.12. The van der Waals surface area contributed by atoms with Crippen LogP contribution in [-0.4, -0.2) is 166 Å². The van der Waals surface area contributed by atoms with Crippen molar-refractivity contribution in [2.24, 2.45) is 28.8 Å². The van der Waals surface area contributed by atoms with Gasteiger partial charge in [-0.25, -0.2) is 0 Å². The second-order valence-electron chi connectivity index (χ2n) is 18.4. The summed E-state index contributed by atoms with van der Waals surface area (Å²) >= 11 is 1.31. The topological polar surface area (TPSA) is 217 Å². The quantitative estimate of drug-likeness (QED) is 0.196. The molecule has 1 aromatic rings. The van der Waals surface area contributed by atoms with Crippen molar-refractivity contribution >= 4 is 28.8 Å². The number of cyclic esters (lactones) is 1. The number of nitriles is 1. The number of esters is 1. The molecule has 0 aromatic carbocycles. The van der Waals surface area contributed by atoms with Gasteiger partial charge in [0.25, 0.3) is 0 Å². The number of ketones is 1. The first-order chi connectivity index (χ1) is 31.6. The van der Waals surface area contributed by atoms with E-state index in [9.17, 15) is 30.2 Å². The molecule has 0 radical (unpaired) electrons. The molecule has 5 rings (SSSR count). The Hall–Kier alpha value is -3.16. The molecule has 3 N–H and O–H groups in total. The fourth-order valence-electron chi connectivity index (χ4n) is 9.55. The molecule has 17 nitrogen and oxygen atoms in total. The third-order valence-electron chi connectivity index (χ3n) is 13.3. The second-order valence-corrected chi connectivity index (χ2v) is 19.5. The zero-order valence-electron chi connectivity index (χ0n) is 40.0. The molecular formula is C48H73N3O14S. The van der Waals surface area contributed by atoms with Crippen LogP contribution in [0.5, 0.6) is 0 Å². The van der Waals surface area contributed by atoms with Gasteiger partial charge in [-0.3, -0.25) is 9.59 Å². The summed E-state index contributed by atoms with van der Waals surface area (Å²) in [7, 11) is 6.63. The van der Waals surface area contributed by atoms with E-state index in [1.165, 1.54) is 18.4 Å². The minimum Gasteiger partial charge on any atom is -0.462 e. The average molecular weight is 948 g/mol. The molecule has 1 unspecified atom stereocenters. The molecule has 370 valence electrons. The molecular weight excluding hydrogens is 875 g/mol. The molecule has 0 spiro atoms. The van der Waals surface area contributed by atoms with Crippen molar-refractivity contribution in [3.63, 3.8) is 0 Å². The third kappa shape index (κ3) is 14.4. The van der Waals surface area contributed by atoms with Gasteiger partial charge in [0, 0.05) is 43.5 Å². The van der Waals surface area contributed by atoms with Crippen LogP contribution in [-0.2, 0) is 58.9 Å². The molecule has 3 aliphatic heterocycles. The van der Waals surface area contributed by atoms with Crippen molar-refractivity contribution in [1.29, 1.82) is 5.26 Å². The van der Waals surface area contributed by atoms with Crippen LogP contribution in [0.3, 0.4) is 0 Å². The SMILES string of the molecule is CC[C@H]1OC(=O)C[C@H]2OC/C(=N/OCc3ccc(C#N)s3)COCCC(C[C@@H](C)C(=O)/C=C/C(C)=C/[C@@H]1CO[C@@H]1CC[C@@H](O)[C@@H](OC)[C@H]1OC)[C@H](O[C@@H]1O[C@H](C)[C@@H](O)[C@H](N(C)C)[C@H]1O)[C@H]2C. The van der Waals surface area contributed by atoms with Gasteiger partial charge in [-0.2, -0.15) is 5.26 Å². The molecule has 2 saturated heterocycles. The van der Waals surface area contributed by atoms with E-state index in [1.54, 1.807) is 57.3 Å². The number of ether oxygens (including phenoxy) is 8. The fourth-order valence-corrected chi connectivity index (χ4v) is 10.3. The highest BCUT2D eigenvalue weighted by Gasteiger charge is 2.48. The molecule has 1 aromatic heterocycles. The molecule has 1 saturated carbocycles. The van der Waals surface area contributed by atoms with Crippen molar-refractivity contribution in [3.05, 3.63) is 45.7 Å². The predicted molar refractivity (Wildman–Crippen MR) is 244 cm³/mol. The number of carbonyl (C=O) groups excluding carboxylic acids is 2. The molecule has 3 fully saturated rings. The van der Waals surface area contributed by atoms with Crippen LogP contribution in [0, 0.1) is 35.0 Å². The minimum atomic E-state index is -1.25. The zero-order chi connectivity index (χ0) is 48.1. The molecule has 18 heteroatoms. The number of allylic oxidation sites excluding steroid dienone is 3. The lowest BCUT2D eigenvalue weighted by Crippen LogP contribution is -2.63. The number of methoxy groups -OCH3 is 2. The summed E-state index contributed by atoms with van der Waals surface area (Å²) in [6.07, 6.45) is -1.19. The number of nitrogens with zero attached hydrogens (tertiary/aromatic N) is 3. The van der Waals surface area contributed by atoms with Gasteiger partial charge in [0.15, 0.2) is 18.7 Å². The van der Waals surface area contributed by atoms with Gasteiger partial charge >= 0.3 is 5.97 Å². The lowest BCUT2D eigenvalue weighted by atomic mass is 9.79. The summed E-state index contributed by atoms with van der Waals surface area (Å²) in [5.74, 6) is -2.45. The number of hydrogen-bond acceptors (Lipinski definition) is 18. The van der Waals surface area contributed by atoms with Crippen molar-refractivity contribution < 1.29 is 67.6 Å². The molecule has 16 atom stereocenters. The number of likely N-dealkylation sites (N-methyl/N-ethyl adjacent to an activating group) is 1. The molecule has 66 heavy (non-hydrogen) atoms. The maximum absolute atomic E-state index is 14.4. The Balaban J connectivity index is 1.51. The number of aliphatic hydroxyl groups is 3. The number of rotatable bonds is 12. The molecule has 4 aliphatic rings. The van der Waals surface area contributed by atoms with Crippen molar-refractivity contribution in [2.75, 3.05) is 54.7 Å². The van der Waals surface area contributed by atoms with Crippen LogP contribution >= 0.6 is 11.3 Å². The Labute approximate surface area is 393 Å². The molecule has 4 heterocycles. The lowest BCUT2D eigenvalue weighted by Gasteiger charge is -2.47. The summed E-state index contributed by atoms with van der Waals surface area (Å²) in [4.78, 5) is 37.2. The summed E-state index contributed by atoms with van der Waals surface area (Å²) in [6, 6.07) is 4.95. The van der Waals surface area contributed by atoms with Crippen molar-refractivity contribution in [1.82, 2.24) is 4.90 Å². The van der Waals surface area contributed by atoms with Gasteiger partial charge in [0.05, 0.1) is 68.9 Å². The number of hydrogen-bond donors (Lipinski definition) is 3. The van der Waals surface area contributed by atoms with Crippen molar-refractivity contribution in [2.45, 2.75) is 153 Å². The van der Waals surface area contributed by atoms with Crippen molar-refractivity contribution in [3.8, 4) is 6.07 Å². The summed E-state index contributed by atoms with van der Waals surface area (Å²) in [5.41, 5.74) is 1.21. The van der Waals surface area contributed by atoms with Gasteiger partial charge in [0.1, 0.15) is 41.1 Å². The van der Waals surface area contributed by atoms with E-state index in [0.29, 0.717) is 42.7 Å². The Bertz CT molecular complexity index is 1830. The highest BCUT2D eigenvalue weighted by Crippen LogP contribution is 2.36. The van der Waals surface area contributed by atoms with E-state index >= 15 is 0 Å². The van der Waals surface area contributed by atoms with Gasteiger partial charge in [-0.15, -0.1) is 11.3 Å². The predicted octanol–water partition coefficient (Wildman–Crippen LogP) is 4.34. The molecule has 0 amide bonds. The number of thiophene rings is 1. The Morgan fingerprint density at radius 3 is 2.42 bits per heavy atom. The zero-order valence-corrected chi connectivity index (χ0v) is 40.8. The number of oxime groups is 1. The largest absolute Gasteiger partial charge is 0.462 e. The summed E-state index contributed by atoms with van der Waals surface area (Å²) < 4.78 is 50.1. The van der Waals surface area contributed by atoms with Gasteiger partial charge in [-0.1, -0.05) is 43.7 Å². The fraction of sp³-hybridized carbons (Fsp3) is 0.750. The molecule has 1 aliphatic carbocycles. The number of carbonyl (C=O) groups is 2. The Morgan fingerprint density at radius 2 is 1.74 bits per heavy atom. The van der Waals surface area contributed by atoms with Crippen LogP contribution in [0.1, 0.15) is 82.9 Å². The minimum absolute atomic E-state index is 0.0544. The van der Waals surface area contributed by atoms with Gasteiger partial charge in [0.2, 0.25) is 0 Å². The maximum Gasteiger partial charge on any atom is 0.308 e. The highest BCUT2D eigenvalue weighted by atomic mass is 32.1. The summed E-state index contributed by atoms with van der Waals surface area (Å²) in [6.45, 7) is 9.85. The second kappa shape index (κ2) is 26.0. The molecule has 2 bridgehead atoms. The van der Waals surface area contributed by atoms with Crippen LogP contribution in [0.4, 0.5) is 0 Å². The van der Waals surface area contributed by atoms with Gasteiger partial charge in [-0.05, 0) is 84.2 Å². The number of fused-ring (bicyclic) bond motifs is 3. The van der Waals surface area contributed by atoms with E-state index in [4.69, 9.17) is 42.7 Å². The van der Waals surface area contributed by atoms with E-state index in [1.807, 2.05) is 33.8 Å². The normalized spacial score (nSPS) is 38.8. The monoisotopic (exact) mass is 947 g/mol. The Morgan fingerprint density at radius 1 is 0.985 bits per heavy atom. The average Bonchev–Trinajstić information content (AvgIpc) is 3.75. The first-order valence-electron chi connectivity index (χ1n) is 23.2. The first-order valence-corrected chi connectivity index (χ1v) is 24.0. The smallest absolute Gasteiger partial charge is 0.308 e. The van der Waals surface area contributed by atoms with E-state index in [2.05, 4.69) is 11.2 Å². The van der Waals surface area contributed by atoms with E-state index in [0.717, 1.165) is 10.5 Å². The Kier molecular flexibility index (Phi) is 21.2. The maximum atomic E-state index is 14.4. The summed E-state index contributed by atoms with van der Waals surface area (Å²) in [5, 5.41) is 47.0. The third-order valence-corrected chi connectivity index (χ3v) is 14.3. The van der Waals surface area contributed by atoms with Gasteiger partial charge < -0.3 is 63.0 Å². The van der Waals surface area contributed by atoms with Crippen LogP contribution in [0.15, 0.2) is 41.1 Å². The first kappa shape index (κ1) is 53.8. The lowest BCUT2D eigenvalue weighted by molar-refractivity contribution is -0.305. The van der Waals surface area contributed by atoms with Crippen LogP contribution < -0.4 is 0 Å². The number of aliphatic hydroxyl groups excluding tert-OH is 3. The van der Waals surface area contributed by atoms with Crippen LogP contribution in [0.2, 0.25) is 0 Å². The van der Waals surface area contributed by atoms with E-state index in [-0.39, 0.29) is 51.2 Å². The standard InChI is InChI=1S/C48H73N3O14S/c1-10-38-32(23-60-39-16-15-37(53)46(57-8)47(39)58-9)19-27(2)11-14-36(52)28(3)20-31-17-18-59-24-33(50-62-26-35-13-12-34(22-49)66-35)25-61-40(21-41(54)64-38)29(4)45(31)65-48-44(56)42(51(6)7)43(55)30(5)63-48/h11-14,19,28-32,37-40,42-48,53,55-56H,10,15-18,20-21,23-26H2,1-9H3/b14-11+,27-19+,50-33+/t28-,29+,30-,31?,32-,37-,38-,39-,40-,42+,43-,44-,45-,46-,47+,48+/m1/s1. The van der Waals surface area contributed by atoms with E-state index < -0.39 is 97.1 Å². The van der Waals surface area contributed by atoms with Crippen LogP contribution in [0.25, 0.3) is 0 Å².